The molecule has 1 saturated carbocycles. The van der Waals surface area contributed by atoms with Gasteiger partial charge in [-0.25, -0.2) is 4.39 Å². The molecule has 1 saturated heterocycles. The molecule has 0 bridgehead atoms. The fourth-order valence-corrected chi connectivity index (χ4v) is 6.18. The maximum atomic E-state index is 15.4. The predicted octanol–water partition coefficient (Wildman–Crippen LogP) is 3.12. The fourth-order valence-electron chi connectivity index (χ4n) is 5.89. The van der Waals surface area contributed by atoms with E-state index in [2.05, 4.69) is 15.4 Å². The summed E-state index contributed by atoms with van der Waals surface area (Å²) in [4.78, 5) is 41.8. The minimum absolute atomic E-state index is 0.0341. The zero-order chi connectivity index (χ0) is 26.1. The van der Waals surface area contributed by atoms with Crippen LogP contribution in [0, 0.1) is 17.7 Å². The number of rotatable bonds is 7. The van der Waals surface area contributed by atoms with Crippen LogP contribution in [0.2, 0.25) is 5.02 Å². The number of carbonyl (C=O) groups is 3. The molecule has 10 nitrogen and oxygen atoms in total. The molecule has 1 aliphatic carbocycles. The Balaban J connectivity index is 1.55. The van der Waals surface area contributed by atoms with Gasteiger partial charge < -0.3 is 19.6 Å². The van der Waals surface area contributed by atoms with Crippen LogP contribution in [-0.4, -0.2) is 67.7 Å². The Hall–Kier alpha value is -3.21. The Bertz CT molecular complexity index is 1190. The first-order valence-electron chi connectivity index (χ1n) is 12.6. The summed E-state index contributed by atoms with van der Waals surface area (Å²) >= 11 is 6.49. The Morgan fingerprint density at radius 3 is 2.65 bits per heavy atom. The lowest BCUT2D eigenvalue weighted by atomic mass is 9.77. The average Bonchev–Trinajstić information content (AvgIpc) is 3.55. The van der Waals surface area contributed by atoms with E-state index < -0.39 is 29.7 Å². The van der Waals surface area contributed by atoms with E-state index in [9.17, 15) is 19.5 Å². The molecule has 2 N–H and O–H groups in total. The number of benzene rings is 1. The van der Waals surface area contributed by atoms with Gasteiger partial charge in [0.25, 0.3) is 0 Å². The first kappa shape index (κ1) is 25.4. The largest absolute Gasteiger partial charge is 0.484 e. The van der Waals surface area contributed by atoms with Crippen molar-refractivity contribution in [2.24, 2.45) is 11.8 Å². The highest BCUT2D eigenvalue weighted by molar-refractivity contribution is 6.31. The number of likely N-dealkylation sites (tertiary alicyclic amines) is 1. The molecule has 37 heavy (non-hydrogen) atoms. The van der Waals surface area contributed by atoms with Crippen molar-refractivity contribution in [2.75, 3.05) is 19.6 Å². The molecule has 0 radical (unpaired) electrons. The molecule has 2 fully saturated rings. The van der Waals surface area contributed by atoms with Crippen molar-refractivity contribution in [3.63, 3.8) is 0 Å². The highest BCUT2D eigenvalue weighted by Crippen LogP contribution is 2.44. The Morgan fingerprint density at radius 1 is 1.19 bits per heavy atom. The van der Waals surface area contributed by atoms with Crippen LogP contribution in [0.5, 0.6) is 5.75 Å². The minimum atomic E-state index is -0.979. The van der Waals surface area contributed by atoms with Crippen LogP contribution in [0.25, 0.3) is 0 Å². The second-order valence-corrected chi connectivity index (χ2v) is 10.3. The fraction of sp³-hybridized carbons (Fsp3) is 0.560. The topological polar surface area (TPSA) is 129 Å². The van der Waals surface area contributed by atoms with Gasteiger partial charge in [-0.3, -0.25) is 14.4 Å². The summed E-state index contributed by atoms with van der Waals surface area (Å²) in [7, 11) is 0. The third-order valence-electron chi connectivity index (χ3n) is 7.72. The molecule has 1 aromatic carbocycles. The lowest BCUT2D eigenvalue weighted by Crippen LogP contribution is -2.50. The van der Waals surface area contributed by atoms with Gasteiger partial charge in [0.1, 0.15) is 12.3 Å². The highest BCUT2D eigenvalue weighted by Gasteiger charge is 2.44. The molecule has 198 valence electrons. The monoisotopic (exact) mass is 533 g/mol. The van der Waals surface area contributed by atoms with Crippen molar-refractivity contribution in [1.29, 1.82) is 0 Å². The zero-order valence-electron chi connectivity index (χ0n) is 20.3. The first-order valence-corrected chi connectivity index (χ1v) is 13.0. The molecular weight excluding hydrogens is 505 g/mol. The van der Waals surface area contributed by atoms with Crippen molar-refractivity contribution in [3.05, 3.63) is 39.9 Å². The van der Waals surface area contributed by atoms with Crippen LogP contribution < -0.4 is 4.74 Å². The smallest absolute Gasteiger partial charge is 0.307 e. The van der Waals surface area contributed by atoms with Crippen molar-refractivity contribution in [3.8, 4) is 5.75 Å². The van der Waals surface area contributed by atoms with Gasteiger partial charge in [0.2, 0.25) is 11.8 Å². The SMILES string of the molecule is O=C(O)C1CCCC[C@H]1C(=O)N1CCc2c(Cl)cc(F)c(OCc3cn[nH]n3)c2[C@H]1CN1CCCC1=O. The van der Waals surface area contributed by atoms with Crippen LogP contribution >= 0.6 is 11.6 Å². The van der Waals surface area contributed by atoms with Gasteiger partial charge >= 0.3 is 5.97 Å². The number of fused-ring (bicyclic) bond motifs is 1. The number of H-pyrrole nitrogens is 1. The maximum absolute atomic E-state index is 15.4. The number of nitrogens with one attached hydrogen (secondary N) is 1. The second kappa shape index (κ2) is 10.6. The van der Waals surface area contributed by atoms with Gasteiger partial charge in [-0.05, 0) is 37.3 Å². The molecule has 2 aromatic rings. The summed E-state index contributed by atoms with van der Waals surface area (Å²) in [5, 5.41) is 20.2. The van der Waals surface area contributed by atoms with Crippen LogP contribution in [0.1, 0.15) is 61.4 Å². The molecule has 2 amide bonds. The number of ether oxygens (including phenoxy) is 1. The van der Waals surface area contributed by atoms with Crippen LogP contribution in [0.4, 0.5) is 4.39 Å². The summed E-state index contributed by atoms with van der Waals surface area (Å²) in [6.07, 6.45) is 5.39. The average molecular weight is 534 g/mol. The van der Waals surface area contributed by atoms with E-state index in [-0.39, 0.29) is 42.3 Å². The number of halogens is 2. The van der Waals surface area contributed by atoms with Crippen molar-refractivity contribution >= 4 is 29.4 Å². The summed E-state index contributed by atoms with van der Waals surface area (Å²) in [5.41, 5.74) is 1.55. The number of aromatic nitrogens is 3. The Morgan fingerprint density at radius 2 is 1.97 bits per heavy atom. The molecule has 0 spiro atoms. The predicted molar refractivity (Wildman–Crippen MR) is 129 cm³/mol. The lowest BCUT2D eigenvalue weighted by molar-refractivity contribution is -0.154. The highest BCUT2D eigenvalue weighted by atomic mass is 35.5. The standard InChI is InChI=1S/C25H29ClFN5O5/c26-18-10-19(27)23(37-13-14-11-28-30-29-14)22-17(18)7-9-32(20(22)12-31-8-3-6-21(31)33)24(34)15-4-1-2-5-16(15)25(35)36/h10-11,15-16,20H,1-9,12-13H2,(H,35,36)(H,28,29,30)/t15-,16?,20-/m1/s1. The molecular formula is C25H29ClFN5O5. The van der Waals surface area contributed by atoms with Gasteiger partial charge in [-0.1, -0.05) is 24.4 Å². The number of carboxylic acid groups (broad SMARTS) is 1. The number of aliphatic carboxylic acids is 1. The number of hydrogen-bond donors (Lipinski definition) is 2. The number of aromatic amines is 1. The van der Waals surface area contributed by atoms with E-state index in [0.29, 0.717) is 55.5 Å². The maximum Gasteiger partial charge on any atom is 0.307 e. The van der Waals surface area contributed by atoms with Crippen LogP contribution in [0.3, 0.4) is 0 Å². The van der Waals surface area contributed by atoms with E-state index in [1.807, 2.05) is 0 Å². The Kier molecular flexibility index (Phi) is 7.32. The molecule has 12 heteroatoms. The molecule has 1 aromatic heterocycles. The second-order valence-electron chi connectivity index (χ2n) is 9.89. The molecule has 3 atom stereocenters. The minimum Gasteiger partial charge on any atom is -0.484 e. The number of amides is 2. The lowest BCUT2D eigenvalue weighted by Gasteiger charge is -2.43. The van der Waals surface area contributed by atoms with E-state index >= 15 is 4.39 Å². The normalized spacial score (nSPS) is 23.7. The Labute approximate surface area is 218 Å². The van der Waals surface area contributed by atoms with Crippen LogP contribution in [0.15, 0.2) is 12.3 Å². The molecule has 3 heterocycles. The van der Waals surface area contributed by atoms with Crippen molar-refractivity contribution < 1.29 is 28.6 Å². The third-order valence-corrected chi connectivity index (χ3v) is 8.06. The van der Waals surface area contributed by atoms with Gasteiger partial charge in [0.15, 0.2) is 11.6 Å². The number of nitrogens with zero attached hydrogens (tertiary/aromatic N) is 4. The van der Waals surface area contributed by atoms with Gasteiger partial charge in [0, 0.05) is 36.6 Å². The quantitative estimate of drug-likeness (QED) is 0.559. The zero-order valence-corrected chi connectivity index (χ0v) is 21.0. The van der Waals surface area contributed by atoms with Crippen LogP contribution in [-0.2, 0) is 27.4 Å². The van der Waals surface area contributed by atoms with E-state index in [4.69, 9.17) is 16.3 Å². The van der Waals surface area contributed by atoms with Gasteiger partial charge in [0.05, 0.1) is 24.1 Å². The summed E-state index contributed by atoms with van der Waals surface area (Å²) < 4.78 is 21.3. The third kappa shape index (κ3) is 5.01. The van der Waals surface area contributed by atoms with E-state index in [1.165, 1.54) is 12.3 Å². The summed E-state index contributed by atoms with van der Waals surface area (Å²) in [5.74, 6) is -3.46. The number of carboxylic acids is 1. The summed E-state index contributed by atoms with van der Waals surface area (Å²) in [6, 6.07) is 0.477. The van der Waals surface area contributed by atoms with Crippen molar-refractivity contribution in [1.82, 2.24) is 25.2 Å². The van der Waals surface area contributed by atoms with Gasteiger partial charge in [-0.2, -0.15) is 15.4 Å². The summed E-state index contributed by atoms with van der Waals surface area (Å²) in [6.45, 7) is 0.915. The first-order chi connectivity index (χ1) is 17.8. The molecule has 1 unspecified atom stereocenters. The van der Waals surface area contributed by atoms with E-state index in [1.54, 1.807) is 9.80 Å². The molecule has 3 aliphatic rings. The van der Waals surface area contributed by atoms with Gasteiger partial charge in [-0.15, -0.1) is 0 Å². The van der Waals surface area contributed by atoms with Crippen molar-refractivity contribution in [2.45, 2.75) is 57.6 Å². The molecule has 5 rings (SSSR count). The molecule has 2 aliphatic heterocycles. The number of hydrogen-bond acceptors (Lipinski definition) is 6. The van der Waals surface area contributed by atoms with E-state index in [0.717, 1.165) is 12.8 Å². The number of carbonyl (C=O) groups excluding carboxylic acids is 2.